The highest BCUT2D eigenvalue weighted by atomic mass is 16.3. The molecule has 0 unspecified atom stereocenters. The van der Waals surface area contributed by atoms with E-state index in [9.17, 15) is 9.59 Å². The number of amides is 2. The Morgan fingerprint density at radius 1 is 1.09 bits per heavy atom. The number of carbonyl (C=O) groups excluding carboxylic acids is 2. The molecular formula is C18H18N2O3. The normalized spacial score (nSPS) is 23.4. The van der Waals surface area contributed by atoms with Gasteiger partial charge in [0.15, 0.2) is 5.76 Å². The van der Waals surface area contributed by atoms with Crippen molar-refractivity contribution in [3.63, 3.8) is 0 Å². The molecule has 2 atom stereocenters. The second-order valence-electron chi connectivity index (χ2n) is 6.27. The van der Waals surface area contributed by atoms with Crippen molar-refractivity contribution in [2.75, 3.05) is 24.5 Å². The number of rotatable bonds is 2. The number of nitrogens with zero attached hydrogens (tertiary/aromatic N) is 2. The number of para-hydroxylation sites is 1. The lowest BCUT2D eigenvalue weighted by Crippen LogP contribution is -2.35. The van der Waals surface area contributed by atoms with Crippen LogP contribution in [0.25, 0.3) is 0 Å². The van der Waals surface area contributed by atoms with E-state index in [4.69, 9.17) is 4.42 Å². The molecule has 2 aliphatic rings. The number of likely N-dealkylation sites (tertiary alicyclic amines) is 1. The lowest BCUT2D eigenvalue weighted by Gasteiger charge is -2.21. The van der Waals surface area contributed by atoms with Crippen molar-refractivity contribution in [3.8, 4) is 0 Å². The third-order valence-corrected chi connectivity index (χ3v) is 4.75. The fourth-order valence-corrected chi connectivity index (χ4v) is 3.57. The number of carbonyl (C=O) groups is 2. The molecule has 3 heterocycles. The number of fused-ring (bicyclic) bond motifs is 1. The molecule has 1 aromatic heterocycles. The molecule has 0 radical (unpaired) electrons. The van der Waals surface area contributed by atoms with Crippen LogP contribution in [0.2, 0.25) is 0 Å². The summed E-state index contributed by atoms with van der Waals surface area (Å²) in [6.07, 6.45) is 0. The van der Waals surface area contributed by atoms with Crippen LogP contribution in [0.3, 0.4) is 0 Å². The first-order valence-corrected chi connectivity index (χ1v) is 7.85. The molecule has 4 rings (SSSR count). The summed E-state index contributed by atoms with van der Waals surface area (Å²) >= 11 is 0. The molecule has 2 aliphatic heterocycles. The average Bonchev–Trinajstić information content (AvgIpc) is 3.24. The van der Waals surface area contributed by atoms with E-state index in [1.54, 1.807) is 17.0 Å². The zero-order valence-corrected chi connectivity index (χ0v) is 12.9. The number of benzene rings is 1. The van der Waals surface area contributed by atoms with Crippen molar-refractivity contribution in [2.24, 2.45) is 11.8 Å². The van der Waals surface area contributed by atoms with Gasteiger partial charge in [0.05, 0.1) is 5.92 Å². The maximum Gasteiger partial charge on any atom is 0.289 e. The summed E-state index contributed by atoms with van der Waals surface area (Å²) in [5.74, 6) is 1.17. The third-order valence-electron chi connectivity index (χ3n) is 4.75. The SMILES string of the molecule is Cc1ccc(C(=O)N2C[C@@H]3CN(c4ccccc4)C(=O)[C@@H]3C2)o1. The van der Waals surface area contributed by atoms with Crippen LogP contribution in [0.1, 0.15) is 16.3 Å². The maximum absolute atomic E-state index is 12.7. The molecule has 2 fully saturated rings. The quantitative estimate of drug-likeness (QED) is 0.855. The molecule has 5 nitrogen and oxygen atoms in total. The molecule has 23 heavy (non-hydrogen) atoms. The first-order chi connectivity index (χ1) is 11.1. The smallest absolute Gasteiger partial charge is 0.289 e. The molecule has 2 saturated heterocycles. The summed E-state index contributed by atoms with van der Waals surface area (Å²) in [6, 6.07) is 13.2. The summed E-state index contributed by atoms with van der Waals surface area (Å²) in [5.41, 5.74) is 0.937. The molecule has 5 heteroatoms. The Kier molecular flexibility index (Phi) is 3.22. The van der Waals surface area contributed by atoms with Crippen molar-refractivity contribution in [2.45, 2.75) is 6.92 Å². The maximum atomic E-state index is 12.7. The Bertz CT molecular complexity index is 753. The van der Waals surface area contributed by atoms with Crippen LogP contribution in [-0.2, 0) is 4.79 Å². The molecule has 1 aromatic carbocycles. The van der Waals surface area contributed by atoms with Gasteiger partial charge in [0.2, 0.25) is 5.91 Å². The Balaban J connectivity index is 1.49. The summed E-state index contributed by atoms with van der Waals surface area (Å²) < 4.78 is 5.41. The van der Waals surface area contributed by atoms with Crippen molar-refractivity contribution in [1.82, 2.24) is 4.90 Å². The van der Waals surface area contributed by atoms with Crippen molar-refractivity contribution < 1.29 is 14.0 Å². The van der Waals surface area contributed by atoms with Crippen LogP contribution in [0.5, 0.6) is 0 Å². The van der Waals surface area contributed by atoms with E-state index < -0.39 is 0 Å². The highest BCUT2D eigenvalue weighted by Gasteiger charge is 2.48. The predicted octanol–water partition coefficient (Wildman–Crippen LogP) is 2.32. The van der Waals surface area contributed by atoms with E-state index in [2.05, 4.69) is 0 Å². The second-order valence-corrected chi connectivity index (χ2v) is 6.27. The fraction of sp³-hybridized carbons (Fsp3) is 0.333. The zero-order valence-electron chi connectivity index (χ0n) is 12.9. The van der Waals surface area contributed by atoms with Gasteiger partial charge in [-0.15, -0.1) is 0 Å². The number of hydrogen-bond donors (Lipinski definition) is 0. The van der Waals surface area contributed by atoms with Crippen molar-refractivity contribution in [3.05, 3.63) is 54.0 Å². The minimum Gasteiger partial charge on any atom is -0.456 e. The summed E-state index contributed by atoms with van der Waals surface area (Å²) in [7, 11) is 0. The summed E-state index contributed by atoms with van der Waals surface area (Å²) in [4.78, 5) is 28.7. The van der Waals surface area contributed by atoms with Crippen LogP contribution in [0, 0.1) is 18.8 Å². The topological polar surface area (TPSA) is 53.8 Å². The fourth-order valence-electron chi connectivity index (χ4n) is 3.57. The van der Waals surface area contributed by atoms with Crippen LogP contribution < -0.4 is 4.90 Å². The second kappa shape index (κ2) is 5.26. The molecule has 2 amide bonds. The monoisotopic (exact) mass is 310 g/mol. The van der Waals surface area contributed by atoms with E-state index >= 15 is 0 Å². The van der Waals surface area contributed by atoms with E-state index in [1.165, 1.54) is 0 Å². The Hall–Kier alpha value is -2.56. The van der Waals surface area contributed by atoms with Gasteiger partial charge in [-0.25, -0.2) is 0 Å². The van der Waals surface area contributed by atoms with Gasteiger partial charge in [0.25, 0.3) is 5.91 Å². The first kappa shape index (κ1) is 14.1. The van der Waals surface area contributed by atoms with Crippen LogP contribution in [-0.4, -0.2) is 36.3 Å². The Morgan fingerprint density at radius 3 is 2.52 bits per heavy atom. The molecule has 0 N–H and O–H groups in total. The first-order valence-electron chi connectivity index (χ1n) is 7.85. The largest absolute Gasteiger partial charge is 0.456 e. The molecule has 2 aromatic rings. The minimum atomic E-state index is -0.119. The van der Waals surface area contributed by atoms with Crippen molar-refractivity contribution >= 4 is 17.5 Å². The van der Waals surface area contributed by atoms with Gasteiger partial charge in [0.1, 0.15) is 5.76 Å². The van der Waals surface area contributed by atoms with Gasteiger partial charge >= 0.3 is 0 Å². The predicted molar refractivity (Wildman–Crippen MR) is 85.1 cm³/mol. The highest BCUT2D eigenvalue weighted by Crippen LogP contribution is 2.35. The summed E-state index contributed by atoms with van der Waals surface area (Å²) in [6.45, 7) is 3.58. The number of anilines is 1. The van der Waals surface area contributed by atoms with Gasteiger partial charge in [-0.3, -0.25) is 9.59 Å². The molecule has 0 spiro atoms. The van der Waals surface area contributed by atoms with Crippen LogP contribution in [0.4, 0.5) is 5.69 Å². The minimum absolute atomic E-state index is 0.102. The van der Waals surface area contributed by atoms with E-state index in [0.717, 1.165) is 11.4 Å². The Labute approximate surface area is 134 Å². The third kappa shape index (κ3) is 2.32. The van der Waals surface area contributed by atoms with E-state index in [1.807, 2.05) is 42.2 Å². The molecule has 118 valence electrons. The number of aryl methyl sites for hydroxylation is 1. The average molecular weight is 310 g/mol. The van der Waals surface area contributed by atoms with Gasteiger partial charge in [-0.2, -0.15) is 0 Å². The standard InChI is InChI=1S/C18H18N2O3/c1-12-7-8-16(23-12)18(22)19-9-13-10-20(17(21)15(13)11-19)14-5-3-2-4-6-14/h2-8,13,15H,9-11H2,1H3/t13-,15-/m1/s1. The Morgan fingerprint density at radius 2 is 1.87 bits per heavy atom. The van der Waals surface area contributed by atoms with Gasteiger partial charge in [-0.1, -0.05) is 18.2 Å². The van der Waals surface area contributed by atoms with E-state index in [0.29, 0.717) is 25.4 Å². The molecule has 0 aliphatic carbocycles. The van der Waals surface area contributed by atoms with Gasteiger partial charge in [0, 0.05) is 31.2 Å². The number of furan rings is 1. The highest BCUT2D eigenvalue weighted by molar-refractivity contribution is 5.99. The lowest BCUT2D eigenvalue weighted by atomic mass is 10.0. The zero-order chi connectivity index (χ0) is 16.0. The van der Waals surface area contributed by atoms with Crippen LogP contribution in [0.15, 0.2) is 46.9 Å². The van der Waals surface area contributed by atoms with Gasteiger partial charge in [-0.05, 0) is 31.2 Å². The van der Waals surface area contributed by atoms with E-state index in [-0.39, 0.29) is 23.7 Å². The molecule has 0 bridgehead atoms. The lowest BCUT2D eigenvalue weighted by molar-refractivity contribution is -0.120. The number of hydrogen-bond acceptors (Lipinski definition) is 3. The molecular weight excluding hydrogens is 292 g/mol. The summed E-state index contributed by atoms with van der Waals surface area (Å²) in [5, 5.41) is 0. The van der Waals surface area contributed by atoms with Crippen LogP contribution >= 0.6 is 0 Å². The van der Waals surface area contributed by atoms with Gasteiger partial charge < -0.3 is 14.2 Å². The van der Waals surface area contributed by atoms with Crippen molar-refractivity contribution in [1.29, 1.82) is 0 Å². The molecule has 0 saturated carbocycles.